The average molecular weight is 192 g/mol. The summed E-state index contributed by atoms with van der Waals surface area (Å²) < 4.78 is 15.2. The van der Waals surface area contributed by atoms with Gasteiger partial charge in [0.05, 0.1) is 12.7 Å². The van der Waals surface area contributed by atoms with Crippen molar-refractivity contribution < 1.29 is 19.3 Å². The van der Waals surface area contributed by atoms with Gasteiger partial charge >= 0.3 is 0 Å². The monoisotopic (exact) mass is 192 g/mol. The second kappa shape index (κ2) is 5.54. The number of aliphatic hydroxyl groups is 1. The van der Waals surface area contributed by atoms with Crippen LogP contribution in [0.2, 0.25) is 0 Å². The summed E-state index contributed by atoms with van der Waals surface area (Å²) in [5, 5.41) is 9.85. The lowest BCUT2D eigenvalue weighted by Crippen LogP contribution is -2.46. The maximum absolute atomic E-state index is 9.85. The van der Waals surface area contributed by atoms with Crippen LogP contribution in [0.3, 0.4) is 0 Å². The average Bonchev–Trinajstić information content (AvgIpc) is 2.03. The molecule has 80 valence electrons. The number of methoxy groups -OCH3 is 2. The van der Waals surface area contributed by atoms with Crippen molar-refractivity contribution in [2.75, 3.05) is 20.8 Å². The van der Waals surface area contributed by atoms with Crippen LogP contribution in [0.4, 0.5) is 0 Å². The van der Waals surface area contributed by atoms with Gasteiger partial charge in [0.25, 0.3) is 0 Å². The van der Waals surface area contributed by atoms with Crippen LogP contribution >= 0.6 is 0 Å². The Morgan fingerprint density at radius 2 is 1.69 bits per heavy atom. The van der Waals surface area contributed by atoms with Crippen LogP contribution in [0, 0.1) is 0 Å². The van der Waals surface area contributed by atoms with Gasteiger partial charge in [-0.05, 0) is 20.8 Å². The second-order valence-electron chi connectivity index (χ2n) is 3.52. The summed E-state index contributed by atoms with van der Waals surface area (Å²) in [5.74, 6) is 0. The van der Waals surface area contributed by atoms with Crippen LogP contribution in [0.25, 0.3) is 0 Å². The van der Waals surface area contributed by atoms with E-state index in [2.05, 4.69) is 0 Å². The van der Waals surface area contributed by atoms with Crippen molar-refractivity contribution in [3.05, 3.63) is 0 Å². The van der Waals surface area contributed by atoms with Gasteiger partial charge in [0, 0.05) is 14.2 Å². The molecular formula is C9H20O4. The van der Waals surface area contributed by atoms with Crippen molar-refractivity contribution in [3.63, 3.8) is 0 Å². The molecule has 0 saturated carbocycles. The number of hydrogen-bond acceptors (Lipinski definition) is 4. The van der Waals surface area contributed by atoms with Crippen LogP contribution in [0.5, 0.6) is 0 Å². The first kappa shape index (κ1) is 12.8. The van der Waals surface area contributed by atoms with Gasteiger partial charge in [-0.1, -0.05) is 0 Å². The fourth-order valence-electron chi connectivity index (χ4n) is 1.01. The minimum atomic E-state index is -1.12. The summed E-state index contributed by atoms with van der Waals surface area (Å²) in [6.07, 6.45) is -0.577. The van der Waals surface area contributed by atoms with E-state index in [1.165, 1.54) is 14.2 Å². The normalized spacial score (nSPS) is 16.6. The highest BCUT2D eigenvalue weighted by Gasteiger charge is 2.32. The van der Waals surface area contributed by atoms with Crippen molar-refractivity contribution in [1.29, 1.82) is 0 Å². The van der Waals surface area contributed by atoms with Crippen molar-refractivity contribution in [1.82, 2.24) is 0 Å². The Labute approximate surface area is 79.8 Å². The molecule has 0 radical (unpaired) electrons. The molecule has 0 amide bonds. The van der Waals surface area contributed by atoms with Gasteiger partial charge in [-0.25, -0.2) is 0 Å². The lowest BCUT2D eigenvalue weighted by atomic mass is 10.1. The van der Waals surface area contributed by atoms with E-state index in [1.807, 2.05) is 13.8 Å². The van der Waals surface area contributed by atoms with Crippen LogP contribution in [0.1, 0.15) is 20.8 Å². The molecule has 0 aliphatic rings. The van der Waals surface area contributed by atoms with Gasteiger partial charge in [0.2, 0.25) is 0 Å². The number of rotatable bonds is 6. The third-order valence-corrected chi connectivity index (χ3v) is 1.64. The molecule has 1 atom stereocenters. The molecule has 4 nitrogen and oxygen atoms in total. The van der Waals surface area contributed by atoms with Gasteiger partial charge in [-0.3, -0.25) is 0 Å². The van der Waals surface area contributed by atoms with Crippen LogP contribution < -0.4 is 0 Å². The van der Waals surface area contributed by atoms with Crippen LogP contribution in [-0.2, 0) is 14.2 Å². The van der Waals surface area contributed by atoms with Crippen molar-refractivity contribution in [3.8, 4) is 0 Å². The zero-order valence-corrected chi connectivity index (χ0v) is 9.03. The third kappa shape index (κ3) is 4.57. The summed E-state index contributed by atoms with van der Waals surface area (Å²) in [4.78, 5) is 0. The van der Waals surface area contributed by atoms with Gasteiger partial charge in [0.1, 0.15) is 5.60 Å². The summed E-state index contributed by atoms with van der Waals surface area (Å²) in [7, 11) is 2.97. The molecule has 0 aliphatic heterocycles. The summed E-state index contributed by atoms with van der Waals surface area (Å²) in [6.45, 7) is 5.62. The predicted molar refractivity (Wildman–Crippen MR) is 49.5 cm³/mol. The molecular weight excluding hydrogens is 172 g/mol. The summed E-state index contributed by atoms with van der Waals surface area (Å²) in [6, 6.07) is 0. The first-order valence-electron chi connectivity index (χ1n) is 4.33. The van der Waals surface area contributed by atoms with E-state index < -0.39 is 11.9 Å². The molecule has 0 fully saturated rings. The first-order valence-corrected chi connectivity index (χ1v) is 4.33. The molecule has 0 aliphatic carbocycles. The Morgan fingerprint density at radius 3 is 2.00 bits per heavy atom. The topological polar surface area (TPSA) is 47.9 Å². The minimum absolute atomic E-state index is 0.0841. The molecule has 0 rings (SSSR count). The van der Waals surface area contributed by atoms with Crippen LogP contribution in [-0.4, -0.2) is 43.9 Å². The SMILES string of the molecule is COC(OC)C(C)(O)COC(C)C. The molecule has 0 heterocycles. The summed E-state index contributed by atoms with van der Waals surface area (Å²) in [5.41, 5.74) is -1.12. The molecule has 0 aromatic rings. The van der Waals surface area contributed by atoms with Crippen LogP contribution in [0.15, 0.2) is 0 Å². The predicted octanol–water partition coefficient (Wildman–Crippen LogP) is 0.781. The highest BCUT2D eigenvalue weighted by molar-refractivity contribution is 4.76. The summed E-state index contributed by atoms with van der Waals surface area (Å²) >= 11 is 0. The van der Waals surface area contributed by atoms with E-state index in [9.17, 15) is 5.11 Å². The first-order chi connectivity index (χ1) is 5.94. The van der Waals surface area contributed by atoms with Gasteiger partial charge < -0.3 is 19.3 Å². The molecule has 0 aromatic carbocycles. The Morgan fingerprint density at radius 1 is 1.23 bits per heavy atom. The van der Waals surface area contributed by atoms with Crippen molar-refractivity contribution in [2.24, 2.45) is 0 Å². The molecule has 0 spiro atoms. The standard InChI is InChI=1S/C9H20O4/c1-7(2)13-6-9(3,10)8(11-4)12-5/h7-8,10H,6H2,1-5H3. The largest absolute Gasteiger partial charge is 0.382 e. The van der Waals surface area contributed by atoms with Crippen molar-refractivity contribution >= 4 is 0 Å². The molecule has 13 heavy (non-hydrogen) atoms. The van der Waals surface area contributed by atoms with Gasteiger partial charge in [-0.15, -0.1) is 0 Å². The lowest BCUT2D eigenvalue weighted by molar-refractivity contribution is -0.227. The smallest absolute Gasteiger partial charge is 0.187 e. The fraction of sp³-hybridized carbons (Fsp3) is 1.00. The van der Waals surface area contributed by atoms with Gasteiger partial charge in [-0.2, -0.15) is 0 Å². The lowest BCUT2D eigenvalue weighted by Gasteiger charge is -2.30. The molecule has 4 heteroatoms. The number of hydrogen-bond donors (Lipinski definition) is 1. The molecule has 0 saturated heterocycles. The third-order valence-electron chi connectivity index (χ3n) is 1.64. The molecule has 0 bridgehead atoms. The quantitative estimate of drug-likeness (QED) is 0.632. The number of ether oxygens (including phenoxy) is 3. The maximum Gasteiger partial charge on any atom is 0.187 e. The van der Waals surface area contributed by atoms with E-state index in [-0.39, 0.29) is 12.7 Å². The van der Waals surface area contributed by atoms with E-state index in [4.69, 9.17) is 14.2 Å². The van der Waals surface area contributed by atoms with Gasteiger partial charge in [0.15, 0.2) is 6.29 Å². The second-order valence-corrected chi connectivity index (χ2v) is 3.52. The Bertz CT molecular complexity index is 130. The Balaban J connectivity index is 4.03. The maximum atomic E-state index is 9.85. The van der Waals surface area contributed by atoms with E-state index in [0.717, 1.165) is 0 Å². The molecule has 1 unspecified atom stereocenters. The Kier molecular flexibility index (Phi) is 5.48. The highest BCUT2D eigenvalue weighted by Crippen LogP contribution is 2.14. The zero-order chi connectivity index (χ0) is 10.5. The molecule has 0 aromatic heterocycles. The van der Waals surface area contributed by atoms with E-state index in [1.54, 1.807) is 6.92 Å². The Hall–Kier alpha value is -0.160. The van der Waals surface area contributed by atoms with E-state index in [0.29, 0.717) is 0 Å². The highest BCUT2D eigenvalue weighted by atomic mass is 16.7. The van der Waals surface area contributed by atoms with Crippen molar-refractivity contribution in [2.45, 2.75) is 38.8 Å². The minimum Gasteiger partial charge on any atom is -0.382 e. The fourth-order valence-corrected chi connectivity index (χ4v) is 1.01. The molecule has 1 N–H and O–H groups in total. The van der Waals surface area contributed by atoms with E-state index >= 15 is 0 Å². The zero-order valence-electron chi connectivity index (χ0n) is 9.03.